The van der Waals surface area contributed by atoms with Crippen LogP contribution in [0.25, 0.3) is 0 Å². The van der Waals surface area contributed by atoms with E-state index in [1.54, 1.807) is 11.8 Å². The van der Waals surface area contributed by atoms with Crippen LogP contribution in [-0.2, 0) is 4.79 Å². The second-order valence-corrected chi connectivity index (χ2v) is 6.79. The predicted molar refractivity (Wildman–Crippen MR) is 71.4 cm³/mol. The number of nitrogens with one attached hydrogen (secondary N) is 1. The number of hydrogen-bond acceptors (Lipinski definition) is 5. The first-order valence-corrected chi connectivity index (χ1v) is 7.49. The van der Waals surface area contributed by atoms with Crippen molar-refractivity contribution in [3.05, 3.63) is 15.6 Å². The largest absolute Gasteiger partial charge is 0.479 e. The van der Waals surface area contributed by atoms with Gasteiger partial charge in [0, 0.05) is 10.6 Å². The van der Waals surface area contributed by atoms with Gasteiger partial charge in [-0.3, -0.25) is 4.79 Å². The fourth-order valence-electron chi connectivity index (χ4n) is 1.90. The lowest BCUT2D eigenvalue weighted by atomic mass is 9.99. The molecule has 1 aromatic heterocycles. The molecule has 98 valence electrons. The molecule has 1 aromatic rings. The highest BCUT2D eigenvalue weighted by Gasteiger charge is 2.43. The van der Waals surface area contributed by atoms with Gasteiger partial charge in [-0.05, 0) is 26.0 Å². The van der Waals surface area contributed by atoms with Crippen molar-refractivity contribution in [3.63, 3.8) is 0 Å². The van der Waals surface area contributed by atoms with E-state index < -0.39 is 11.5 Å². The first-order chi connectivity index (χ1) is 8.44. The minimum absolute atomic E-state index is 0.343. The molecule has 1 amide bonds. The van der Waals surface area contributed by atoms with Crippen molar-refractivity contribution in [2.24, 2.45) is 0 Å². The van der Waals surface area contributed by atoms with Crippen molar-refractivity contribution in [1.29, 1.82) is 0 Å². The predicted octanol–water partition coefficient (Wildman–Crippen LogP) is 1.45. The van der Waals surface area contributed by atoms with Crippen LogP contribution in [0.2, 0.25) is 0 Å². The Labute approximate surface area is 113 Å². The zero-order valence-electron chi connectivity index (χ0n) is 10.1. The molecule has 1 saturated heterocycles. The van der Waals surface area contributed by atoms with Crippen LogP contribution >= 0.6 is 23.1 Å². The number of thiazole rings is 1. The number of carbonyl (C=O) groups excluding carboxylic acids is 1. The summed E-state index contributed by atoms with van der Waals surface area (Å²) < 4.78 is 0. The Hall–Kier alpha value is -1.08. The zero-order valence-corrected chi connectivity index (χ0v) is 11.8. The van der Waals surface area contributed by atoms with Gasteiger partial charge in [0.1, 0.15) is 11.2 Å². The molecule has 5 nitrogen and oxygen atoms in total. The van der Waals surface area contributed by atoms with Gasteiger partial charge in [-0.25, -0.2) is 9.78 Å². The summed E-state index contributed by atoms with van der Waals surface area (Å²) in [6.07, 6.45) is 0.459. The van der Waals surface area contributed by atoms with Crippen molar-refractivity contribution in [2.75, 3.05) is 11.5 Å². The molecule has 2 rings (SSSR count). The number of aliphatic carboxylic acids is 1. The van der Waals surface area contributed by atoms with E-state index in [0.29, 0.717) is 17.9 Å². The number of aromatic nitrogens is 1. The molecule has 0 aromatic carbocycles. The Morgan fingerprint density at radius 2 is 2.17 bits per heavy atom. The Balaban J connectivity index is 2.20. The smallest absolute Gasteiger partial charge is 0.330 e. The van der Waals surface area contributed by atoms with E-state index in [1.807, 2.05) is 13.8 Å². The van der Waals surface area contributed by atoms with Crippen LogP contribution in [0.3, 0.4) is 0 Å². The van der Waals surface area contributed by atoms with E-state index >= 15 is 0 Å². The van der Waals surface area contributed by atoms with Gasteiger partial charge in [-0.2, -0.15) is 11.8 Å². The number of hydrogen-bond donors (Lipinski definition) is 2. The second kappa shape index (κ2) is 4.89. The standard InChI is InChI=1S/C11H14N2O3S2/c1-6-8(12-7(2)18-6)9(14)13-11(10(15)16)3-4-17-5-11/h3-5H2,1-2H3,(H,13,14)(H,15,16). The number of aryl methyl sites for hydroxylation is 2. The number of rotatable bonds is 3. The molecule has 1 aliphatic rings. The fourth-order valence-corrected chi connectivity index (χ4v) is 4.04. The van der Waals surface area contributed by atoms with Gasteiger partial charge in [0.05, 0.1) is 5.01 Å². The van der Waals surface area contributed by atoms with Gasteiger partial charge in [-0.1, -0.05) is 0 Å². The van der Waals surface area contributed by atoms with Gasteiger partial charge >= 0.3 is 5.97 Å². The van der Waals surface area contributed by atoms with Crippen LogP contribution in [0.1, 0.15) is 26.8 Å². The normalized spacial score (nSPS) is 23.0. The summed E-state index contributed by atoms with van der Waals surface area (Å²) in [4.78, 5) is 28.4. The molecule has 2 N–H and O–H groups in total. The van der Waals surface area contributed by atoms with E-state index in [2.05, 4.69) is 10.3 Å². The molecular weight excluding hydrogens is 272 g/mol. The van der Waals surface area contributed by atoms with Crippen molar-refractivity contribution >= 4 is 35.0 Å². The minimum atomic E-state index is -1.13. The summed E-state index contributed by atoms with van der Waals surface area (Å²) >= 11 is 2.98. The van der Waals surface area contributed by atoms with Crippen LogP contribution in [0.15, 0.2) is 0 Å². The zero-order chi connectivity index (χ0) is 13.3. The first kappa shape index (κ1) is 13.4. The molecule has 0 saturated carbocycles. The quantitative estimate of drug-likeness (QED) is 0.879. The minimum Gasteiger partial charge on any atom is -0.479 e. The van der Waals surface area contributed by atoms with Crippen molar-refractivity contribution < 1.29 is 14.7 Å². The van der Waals surface area contributed by atoms with Crippen molar-refractivity contribution in [1.82, 2.24) is 10.3 Å². The number of amides is 1. The van der Waals surface area contributed by atoms with E-state index in [-0.39, 0.29) is 5.91 Å². The number of carboxylic acid groups (broad SMARTS) is 1. The molecular formula is C11H14N2O3S2. The third kappa shape index (κ3) is 2.37. The maximum atomic E-state index is 12.1. The summed E-state index contributed by atoms with van der Waals surface area (Å²) in [5.74, 6) is -0.190. The van der Waals surface area contributed by atoms with Gasteiger partial charge in [0.2, 0.25) is 0 Å². The Kier molecular flexibility index (Phi) is 3.63. The van der Waals surface area contributed by atoms with E-state index in [9.17, 15) is 14.7 Å². The third-order valence-corrected chi connectivity index (χ3v) is 4.98. The van der Waals surface area contributed by atoms with E-state index in [0.717, 1.165) is 15.6 Å². The summed E-state index contributed by atoms with van der Waals surface area (Å²) in [6.45, 7) is 3.64. The molecule has 0 spiro atoms. The molecule has 1 unspecified atom stereocenters. The topological polar surface area (TPSA) is 79.3 Å². The van der Waals surface area contributed by atoms with Crippen LogP contribution in [0, 0.1) is 13.8 Å². The van der Waals surface area contributed by atoms with E-state index in [4.69, 9.17) is 0 Å². The maximum Gasteiger partial charge on any atom is 0.330 e. The first-order valence-electron chi connectivity index (χ1n) is 5.52. The molecule has 1 fully saturated rings. The number of nitrogens with zero attached hydrogens (tertiary/aromatic N) is 1. The SMILES string of the molecule is Cc1nc(C(=O)NC2(C(=O)O)CCSC2)c(C)s1. The fraction of sp³-hybridized carbons (Fsp3) is 0.545. The van der Waals surface area contributed by atoms with Crippen LogP contribution in [0.5, 0.6) is 0 Å². The molecule has 1 atom stereocenters. The Morgan fingerprint density at radius 3 is 2.61 bits per heavy atom. The van der Waals surface area contributed by atoms with E-state index in [1.165, 1.54) is 11.3 Å². The highest BCUT2D eigenvalue weighted by molar-refractivity contribution is 7.99. The lowest BCUT2D eigenvalue weighted by Crippen LogP contribution is -2.54. The molecule has 2 heterocycles. The highest BCUT2D eigenvalue weighted by atomic mass is 32.2. The van der Waals surface area contributed by atoms with Crippen LogP contribution in [0.4, 0.5) is 0 Å². The Morgan fingerprint density at radius 1 is 1.44 bits per heavy atom. The molecule has 0 aliphatic carbocycles. The number of thioether (sulfide) groups is 1. The van der Waals surface area contributed by atoms with Crippen molar-refractivity contribution in [2.45, 2.75) is 25.8 Å². The molecule has 0 bridgehead atoms. The van der Waals surface area contributed by atoms with Gasteiger partial charge < -0.3 is 10.4 Å². The third-order valence-electron chi connectivity index (χ3n) is 2.90. The average Bonchev–Trinajstić information content (AvgIpc) is 2.86. The lowest BCUT2D eigenvalue weighted by molar-refractivity contribution is -0.143. The monoisotopic (exact) mass is 286 g/mol. The molecule has 0 radical (unpaired) electrons. The summed E-state index contributed by atoms with van der Waals surface area (Å²) in [5, 5.41) is 12.7. The summed E-state index contributed by atoms with van der Waals surface area (Å²) in [5.41, 5.74) is -0.791. The lowest BCUT2D eigenvalue weighted by Gasteiger charge is -2.24. The molecule has 1 aliphatic heterocycles. The summed E-state index contributed by atoms with van der Waals surface area (Å²) in [7, 11) is 0. The number of carboxylic acids is 1. The maximum absolute atomic E-state index is 12.1. The average molecular weight is 286 g/mol. The summed E-state index contributed by atoms with van der Waals surface area (Å²) in [6, 6.07) is 0. The second-order valence-electron chi connectivity index (χ2n) is 4.28. The number of carbonyl (C=O) groups is 2. The van der Waals surface area contributed by atoms with Gasteiger partial charge in [-0.15, -0.1) is 11.3 Å². The highest BCUT2D eigenvalue weighted by Crippen LogP contribution is 2.29. The molecule has 7 heteroatoms. The Bertz CT molecular complexity index is 492. The van der Waals surface area contributed by atoms with Gasteiger partial charge in [0.15, 0.2) is 0 Å². The van der Waals surface area contributed by atoms with Crippen LogP contribution < -0.4 is 5.32 Å². The molecule has 18 heavy (non-hydrogen) atoms. The van der Waals surface area contributed by atoms with Gasteiger partial charge in [0.25, 0.3) is 5.91 Å². The van der Waals surface area contributed by atoms with Crippen LogP contribution in [-0.4, -0.2) is 39.0 Å². The van der Waals surface area contributed by atoms with Crippen molar-refractivity contribution in [3.8, 4) is 0 Å².